The largest absolute Gasteiger partial charge is 0.301 e. The van der Waals surface area contributed by atoms with Gasteiger partial charge in [0.2, 0.25) is 0 Å². The molecule has 0 saturated heterocycles. The van der Waals surface area contributed by atoms with Crippen LogP contribution in [0.25, 0.3) is 0 Å². The van der Waals surface area contributed by atoms with Gasteiger partial charge in [0.15, 0.2) is 5.13 Å². The summed E-state index contributed by atoms with van der Waals surface area (Å²) >= 11 is 4.99. The molecule has 1 amide bonds. The molecule has 4 nitrogen and oxygen atoms in total. The van der Waals surface area contributed by atoms with Gasteiger partial charge >= 0.3 is 0 Å². The van der Waals surface area contributed by atoms with Crippen LogP contribution in [0.15, 0.2) is 22.7 Å². The SMILES string of the molecule is Cc1cc(Br)ccc1C(=O)Nc1nc2c(s1)CN(C)CC2. The molecule has 0 unspecified atom stereocenters. The maximum absolute atomic E-state index is 12.4. The quantitative estimate of drug-likeness (QED) is 0.886. The molecule has 3 rings (SSSR count). The fourth-order valence-corrected chi connectivity index (χ4v) is 3.98. The smallest absolute Gasteiger partial charge is 0.257 e. The number of halogens is 1. The summed E-state index contributed by atoms with van der Waals surface area (Å²) < 4.78 is 0.976. The number of thiazole rings is 1. The van der Waals surface area contributed by atoms with Gasteiger partial charge in [-0.1, -0.05) is 15.9 Å². The highest BCUT2D eigenvalue weighted by Gasteiger charge is 2.19. The van der Waals surface area contributed by atoms with Crippen LogP contribution in [0, 0.1) is 6.92 Å². The molecule has 2 aromatic rings. The predicted octanol–water partition coefficient (Wildman–Crippen LogP) is 3.45. The molecule has 1 aromatic carbocycles. The van der Waals surface area contributed by atoms with Crippen LogP contribution in [-0.4, -0.2) is 29.4 Å². The Kier molecular flexibility index (Phi) is 4.10. The van der Waals surface area contributed by atoms with Crippen molar-refractivity contribution in [3.63, 3.8) is 0 Å². The van der Waals surface area contributed by atoms with Crippen LogP contribution in [-0.2, 0) is 13.0 Å². The second-order valence-corrected chi connectivity index (χ2v) is 7.29. The first-order valence-corrected chi connectivity index (χ1v) is 8.38. The van der Waals surface area contributed by atoms with Crippen molar-refractivity contribution in [1.82, 2.24) is 9.88 Å². The Balaban J connectivity index is 1.79. The van der Waals surface area contributed by atoms with Crippen molar-refractivity contribution in [2.24, 2.45) is 0 Å². The monoisotopic (exact) mass is 365 g/mol. The van der Waals surface area contributed by atoms with Crippen molar-refractivity contribution in [3.8, 4) is 0 Å². The summed E-state index contributed by atoms with van der Waals surface area (Å²) in [6, 6.07) is 5.65. The molecule has 1 N–H and O–H groups in total. The van der Waals surface area contributed by atoms with E-state index < -0.39 is 0 Å². The molecular formula is C15H16BrN3OS. The van der Waals surface area contributed by atoms with Crippen LogP contribution in [0.3, 0.4) is 0 Å². The summed E-state index contributed by atoms with van der Waals surface area (Å²) in [7, 11) is 2.10. The van der Waals surface area contributed by atoms with E-state index in [1.807, 2.05) is 25.1 Å². The first-order chi connectivity index (χ1) is 10.0. The molecule has 0 saturated carbocycles. The van der Waals surface area contributed by atoms with Crippen molar-refractivity contribution in [3.05, 3.63) is 44.4 Å². The highest BCUT2D eigenvalue weighted by molar-refractivity contribution is 9.10. The minimum atomic E-state index is -0.0977. The average Bonchev–Trinajstić information content (AvgIpc) is 2.79. The molecule has 1 aliphatic heterocycles. The van der Waals surface area contributed by atoms with Gasteiger partial charge in [-0.15, -0.1) is 11.3 Å². The van der Waals surface area contributed by atoms with Gasteiger partial charge in [0.1, 0.15) is 0 Å². The van der Waals surface area contributed by atoms with E-state index in [2.05, 4.69) is 38.2 Å². The number of anilines is 1. The second-order valence-electron chi connectivity index (χ2n) is 5.29. The molecule has 0 radical (unpaired) electrons. The van der Waals surface area contributed by atoms with Gasteiger partial charge in [-0.25, -0.2) is 4.98 Å². The molecule has 0 aliphatic carbocycles. The lowest BCUT2D eigenvalue weighted by Gasteiger charge is -2.20. The van der Waals surface area contributed by atoms with E-state index in [9.17, 15) is 4.79 Å². The van der Waals surface area contributed by atoms with Crippen LogP contribution in [0.4, 0.5) is 5.13 Å². The number of hydrogen-bond acceptors (Lipinski definition) is 4. The lowest BCUT2D eigenvalue weighted by molar-refractivity contribution is 0.102. The fraction of sp³-hybridized carbons (Fsp3) is 0.333. The maximum Gasteiger partial charge on any atom is 0.257 e. The zero-order valence-corrected chi connectivity index (χ0v) is 14.3. The second kappa shape index (κ2) is 5.87. The van der Waals surface area contributed by atoms with Crippen molar-refractivity contribution >= 4 is 38.3 Å². The highest BCUT2D eigenvalue weighted by atomic mass is 79.9. The number of carbonyl (C=O) groups excluding carboxylic acids is 1. The number of hydrogen-bond donors (Lipinski definition) is 1. The van der Waals surface area contributed by atoms with Gasteiger partial charge in [0, 0.05) is 34.4 Å². The van der Waals surface area contributed by atoms with Crippen LogP contribution in [0.5, 0.6) is 0 Å². The molecule has 2 heterocycles. The van der Waals surface area contributed by atoms with Crippen molar-refractivity contribution in [1.29, 1.82) is 0 Å². The number of rotatable bonds is 2. The number of aromatic nitrogens is 1. The Hall–Kier alpha value is -1.24. The van der Waals surface area contributed by atoms with E-state index in [1.54, 1.807) is 11.3 Å². The summed E-state index contributed by atoms with van der Waals surface area (Å²) in [5.74, 6) is -0.0977. The number of aryl methyl sites for hydroxylation is 1. The number of nitrogens with one attached hydrogen (secondary N) is 1. The normalized spacial score (nSPS) is 14.8. The predicted molar refractivity (Wildman–Crippen MR) is 89.0 cm³/mol. The zero-order valence-electron chi connectivity index (χ0n) is 11.9. The molecule has 0 fully saturated rings. The van der Waals surface area contributed by atoms with Crippen molar-refractivity contribution in [2.45, 2.75) is 19.9 Å². The van der Waals surface area contributed by atoms with E-state index >= 15 is 0 Å². The summed E-state index contributed by atoms with van der Waals surface area (Å²) in [6.07, 6.45) is 0.954. The first-order valence-electron chi connectivity index (χ1n) is 6.77. The van der Waals surface area contributed by atoms with E-state index in [-0.39, 0.29) is 5.91 Å². The number of carbonyl (C=O) groups is 1. The van der Waals surface area contributed by atoms with E-state index in [1.165, 1.54) is 4.88 Å². The van der Waals surface area contributed by atoms with Crippen LogP contribution in [0.2, 0.25) is 0 Å². The Morgan fingerprint density at radius 1 is 1.48 bits per heavy atom. The Morgan fingerprint density at radius 2 is 2.29 bits per heavy atom. The van der Waals surface area contributed by atoms with Gasteiger partial charge in [0.25, 0.3) is 5.91 Å². The minimum Gasteiger partial charge on any atom is -0.301 e. The third kappa shape index (κ3) is 3.17. The van der Waals surface area contributed by atoms with Crippen LogP contribution in [0.1, 0.15) is 26.5 Å². The molecule has 110 valence electrons. The molecule has 0 spiro atoms. The minimum absolute atomic E-state index is 0.0977. The van der Waals surface area contributed by atoms with E-state index in [4.69, 9.17) is 0 Å². The van der Waals surface area contributed by atoms with Gasteiger partial charge in [-0.3, -0.25) is 10.1 Å². The number of fused-ring (bicyclic) bond motifs is 1. The highest BCUT2D eigenvalue weighted by Crippen LogP contribution is 2.28. The lowest BCUT2D eigenvalue weighted by Crippen LogP contribution is -2.25. The maximum atomic E-state index is 12.4. The summed E-state index contributed by atoms with van der Waals surface area (Å²) in [5, 5.41) is 3.62. The third-order valence-electron chi connectivity index (χ3n) is 3.58. The van der Waals surface area contributed by atoms with Crippen LogP contribution >= 0.6 is 27.3 Å². The van der Waals surface area contributed by atoms with Gasteiger partial charge in [-0.2, -0.15) is 0 Å². The molecular weight excluding hydrogens is 350 g/mol. The summed E-state index contributed by atoms with van der Waals surface area (Å²) in [4.78, 5) is 20.4. The Morgan fingerprint density at radius 3 is 3.05 bits per heavy atom. The topological polar surface area (TPSA) is 45.2 Å². The molecule has 21 heavy (non-hydrogen) atoms. The van der Waals surface area contributed by atoms with Crippen molar-refractivity contribution in [2.75, 3.05) is 18.9 Å². The number of nitrogens with zero attached hydrogens (tertiary/aromatic N) is 2. The standard InChI is InChI=1S/C15H16BrN3OS/c1-9-7-10(16)3-4-11(9)14(20)18-15-17-12-5-6-19(2)8-13(12)21-15/h3-4,7H,5-6,8H2,1-2H3,(H,17,18,20). The number of benzene rings is 1. The Bertz CT molecular complexity index is 698. The number of likely N-dealkylation sites (N-methyl/N-ethyl adjacent to an activating group) is 1. The van der Waals surface area contributed by atoms with Gasteiger partial charge in [0.05, 0.1) is 5.69 Å². The van der Waals surface area contributed by atoms with Crippen LogP contribution < -0.4 is 5.32 Å². The van der Waals surface area contributed by atoms with E-state index in [0.717, 1.165) is 35.2 Å². The zero-order chi connectivity index (χ0) is 15.0. The Labute approximate surface area is 136 Å². The molecule has 6 heteroatoms. The van der Waals surface area contributed by atoms with Crippen molar-refractivity contribution < 1.29 is 4.79 Å². The molecule has 1 aliphatic rings. The van der Waals surface area contributed by atoms with Gasteiger partial charge in [-0.05, 0) is 37.7 Å². The molecule has 0 atom stereocenters. The molecule has 1 aromatic heterocycles. The third-order valence-corrected chi connectivity index (χ3v) is 5.07. The summed E-state index contributed by atoms with van der Waals surface area (Å²) in [5.41, 5.74) is 2.76. The first kappa shape index (κ1) is 14.7. The lowest BCUT2D eigenvalue weighted by atomic mass is 10.1. The number of amides is 1. The molecule has 0 bridgehead atoms. The van der Waals surface area contributed by atoms with Gasteiger partial charge < -0.3 is 4.90 Å². The average molecular weight is 366 g/mol. The summed E-state index contributed by atoms with van der Waals surface area (Å²) in [6.45, 7) is 3.87. The fourth-order valence-electron chi connectivity index (χ4n) is 2.42. The van der Waals surface area contributed by atoms with E-state index in [0.29, 0.717) is 10.7 Å².